The van der Waals surface area contributed by atoms with Crippen LogP contribution < -0.4 is 5.32 Å². The quantitative estimate of drug-likeness (QED) is 0.808. The van der Waals surface area contributed by atoms with E-state index < -0.39 is 11.7 Å². The van der Waals surface area contributed by atoms with Crippen molar-refractivity contribution in [2.75, 3.05) is 13.2 Å². The zero-order chi connectivity index (χ0) is 16.7. The molecule has 124 valence electrons. The SMILES string of the molecule is OCCC(CNCc1cccc(C(F)(F)F)c1)c1ccccc1. The molecule has 1 atom stereocenters. The number of halogens is 3. The van der Waals surface area contributed by atoms with Crippen LogP contribution in [-0.2, 0) is 12.7 Å². The van der Waals surface area contributed by atoms with Gasteiger partial charge in [-0.15, -0.1) is 0 Å². The van der Waals surface area contributed by atoms with Gasteiger partial charge in [0.2, 0.25) is 0 Å². The maximum Gasteiger partial charge on any atom is 0.416 e. The summed E-state index contributed by atoms with van der Waals surface area (Å²) in [6, 6.07) is 15.1. The number of benzene rings is 2. The van der Waals surface area contributed by atoms with Gasteiger partial charge in [-0.2, -0.15) is 13.2 Å². The summed E-state index contributed by atoms with van der Waals surface area (Å²) in [5.41, 5.74) is 1.07. The van der Waals surface area contributed by atoms with Crippen molar-refractivity contribution in [3.63, 3.8) is 0 Å². The molecule has 0 spiro atoms. The molecule has 0 aliphatic carbocycles. The van der Waals surface area contributed by atoms with Gasteiger partial charge < -0.3 is 10.4 Å². The van der Waals surface area contributed by atoms with Crippen molar-refractivity contribution in [2.24, 2.45) is 0 Å². The molecule has 0 bridgehead atoms. The molecular formula is C18H20F3NO. The van der Waals surface area contributed by atoms with Crippen molar-refractivity contribution >= 4 is 0 Å². The Morgan fingerprint density at radius 3 is 2.39 bits per heavy atom. The van der Waals surface area contributed by atoms with Crippen LogP contribution in [0.15, 0.2) is 54.6 Å². The summed E-state index contributed by atoms with van der Waals surface area (Å²) in [6.45, 7) is 1.03. The number of hydrogen-bond donors (Lipinski definition) is 2. The fourth-order valence-corrected chi connectivity index (χ4v) is 2.52. The lowest BCUT2D eigenvalue weighted by Crippen LogP contribution is -2.22. The van der Waals surface area contributed by atoms with Gasteiger partial charge in [0, 0.05) is 19.7 Å². The van der Waals surface area contributed by atoms with E-state index in [1.807, 2.05) is 30.3 Å². The normalized spacial score (nSPS) is 13.0. The van der Waals surface area contributed by atoms with Crippen LogP contribution in [0.25, 0.3) is 0 Å². The number of aliphatic hydroxyl groups is 1. The summed E-state index contributed by atoms with van der Waals surface area (Å²) in [5.74, 6) is 0.131. The van der Waals surface area contributed by atoms with Crippen LogP contribution in [0, 0.1) is 0 Å². The Labute approximate surface area is 134 Å². The molecule has 0 aliphatic heterocycles. The van der Waals surface area contributed by atoms with Gasteiger partial charge in [0.15, 0.2) is 0 Å². The van der Waals surface area contributed by atoms with Gasteiger partial charge in [0.25, 0.3) is 0 Å². The van der Waals surface area contributed by atoms with E-state index >= 15 is 0 Å². The first-order valence-corrected chi connectivity index (χ1v) is 7.53. The standard InChI is InChI=1S/C18H20F3NO/c19-18(20,21)17-8-4-5-14(11-17)12-22-13-16(9-10-23)15-6-2-1-3-7-15/h1-8,11,16,22-23H,9-10,12-13H2. The zero-order valence-electron chi connectivity index (χ0n) is 12.7. The predicted octanol–water partition coefficient (Wildman–Crippen LogP) is 3.96. The largest absolute Gasteiger partial charge is 0.416 e. The molecule has 5 heteroatoms. The third kappa shape index (κ3) is 5.37. The number of aliphatic hydroxyl groups excluding tert-OH is 1. The van der Waals surface area contributed by atoms with E-state index in [1.54, 1.807) is 6.07 Å². The van der Waals surface area contributed by atoms with Crippen LogP contribution in [0.1, 0.15) is 29.0 Å². The van der Waals surface area contributed by atoms with Crippen LogP contribution in [-0.4, -0.2) is 18.3 Å². The summed E-state index contributed by atoms with van der Waals surface area (Å²) >= 11 is 0. The first-order valence-electron chi connectivity index (χ1n) is 7.53. The lowest BCUT2D eigenvalue weighted by molar-refractivity contribution is -0.137. The fraction of sp³-hybridized carbons (Fsp3) is 0.333. The summed E-state index contributed by atoms with van der Waals surface area (Å²) in [6.07, 6.45) is -3.71. The van der Waals surface area contributed by atoms with Crippen LogP contribution in [0.2, 0.25) is 0 Å². The maximum atomic E-state index is 12.7. The molecular weight excluding hydrogens is 303 g/mol. The molecule has 0 fully saturated rings. The van der Waals surface area contributed by atoms with E-state index in [1.165, 1.54) is 6.07 Å². The van der Waals surface area contributed by atoms with Crippen LogP contribution in [0.5, 0.6) is 0 Å². The lowest BCUT2D eigenvalue weighted by atomic mass is 9.96. The number of nitrogens with one attached hydrogen (secondary N) is 1. The minimum Gasteiger partial charge on any atom is -0.396 e. The maximum absolute atomic E-state index is 12.7. The summed E-state index contributed by atoms with van der Waals surface area (Å²) in [5, 5.41) is 12.4. The smallest absolute Gasteiger partial charge is 0.396 e. The van der Waals surface area contributed by atoms with Gasteiger partial charge in [-0.3, -0.25) is 0 Å². The van der Waals surface area contributed by atoms with E-state index in [2.05, 4.69) is 5.32 Å². The van der Waals surface area contributed by atoms with E-state index in [0.29, 0.717) is 25.1 Å². The summed E-state index contributed by atoms with van der Waals surface area (Å²) in [4.78, 5) is 0. The molecule has 0 amide bonds. The monoisotopic (exact) mass is 323 g/mol. The van der Waals surface area contributed by atoms with Gasteiger partial charge in [-0.05, 0) is 29.5 Å². The Balaban J connectivity index is 1.95. The van der Waals surface area contributed by atoms with E-state index in [0.717, 1.165) is 17.7 Å². The molecule has 0 aromatic heterocycles. The summed E-state index contributed by atoms with van der Waals surface area (Å²) in [7, 11) is 0. The number of hydrogen-bond acceptors (Lipinski definition) is 2. The third-order valence-corrected chi connectivity index (χ3v) is 3.72. The molecule has 23 heavy (non-hydrogen) atoms. The molecule has 2 N–H and O–H groups in total. The van der Waals surface area contributed by atoms with Crippen LogP contribution in [0.3, 0.4) is 0 Å². The Kier molecular flexibility index (Phi) is 6.19. The second-order valence-electron chi connectivity index (χ2n) is 5.45. The zero-order valence-corrected chi connectivity index (χ0v) is 12.7. The fourth-order valence-electron chi connectivity index (χ4n) is 2.52. The van der Waals surface area contributed by atoms with Crippen LogP contribution in [0.4, 0.5) is 13.2 Å². The topological polar surface area (TPSA) is 32.3 Å². The molecule has 2 rings (SSSR count). The van der Waals surface area contributed by atoms with Crippen molar-refractivity contribution in [1.29, 1.82) is 0 Å². The highest BCUT2D eigenvalue weighted by atomic mass is 19.4. The highest BCUT2D eigenvalue weighted by Gasteiger charge is 2.30. The van der Waals surface area contributed by atoms with E-state index in [4.69, 9.17) is 0 Å². The first kappa shape index (κ1) is 17.5. The van der Waals surface area contributed by atoms with Crippen molar-refractivity contribution < 1.29 is 18.3 Å². The Hall–Kier alpha value is -1.85. The van der Waals surface area contributed by atoms with Gasteiger partial charge >= 0.3 is 6.18 Å². The van der Waals surface area contributed by atoms with Crippen LogP contribution >= 0.6 is 0 Å². The average Bonchev–Trinajstić information content (AvgIpc) is 2.54. The first-order chi connectivity index (χ1) is 11.0. The third-order valence-electron chi connectivity index (χ3n) is 3.72. The number of rotatable bonds is 7. The second kappa shape index (κ2) is 8.13. The number of alkyl halides is 3. The lowest BCUT2D eigenvalue weighted by Gasteiger charge is -2.17. The minimum atomic E-state index is -4.32. The predicted molar refractivity (Wildman–Crippen MR) is 84.0 cm³/mol. The molecule has 0 saturated heterocycles. The molecule has 0 aliphatic rings. The van der Waals surface area contributed by atoms with Gasteiger partial charge in [0.05, 0.1) is 5.56 Å². The van der Waals surface area contributed by atoms with Gasteiger partial charge in [0.1, 0.15) is 0 Å². The molecule has 1 unspecified atom stereocenters. The van der Waals surface area contributed by atoms with E-state index in [-0.39, 0.29) is 12.5 Å². The van der Waals surface area contributed by atoms with Crippen molar-refractivity contribution in [3.05, 3.63) is 71.3 Å². The Morgan fingerprint density at radius 1 is 1.00 bits per heavy atom. The summed E-state index contributed by atoms with van der Waals surface area (Å²) < 4.78 is 38.1. The molecule has 2 aromatic rings. The average molecular weight is 323 g/mol. The second-order valence-corrected chi connectivity index (χ2v) is 5.45. The highest BCUT2D eigenvalue weighted by Crippen LogP contribution is 2.29. The molecule has 0 saturated carbocycles. The molecule has 0 heterocycles. The van der Waals surface area contributed by atoms with E-state index in [9.17, 15) is 18.3 Å². The van der Waals surface area contributed by atoms with Crippen molar-refractivity contribution in [1.82, 2.24) is 5.32 Å². The highest BCUT2D eigenvalue weighted by molar-refractivity contribution is 5.25. The Morgan fingerprint density at radius 2 is 1.74 bits per heavy atom. The Bertz CT molecular complexity index is 599. The van der Waals surface area contributed by atoms with Gasteiger partial charge in [-0.1, -0.05) is 48.5 Å². The van der Waals surface area contributed by atoms with Crippen molar-refractivity contribution in [2.45, 2.75) is 25.1 Å². The minimum absolute atomic E-state index is 0.0742. The van der Waals surface area contributed by atoms with Crippen molar-refractivity contribution in [3.8, 4) is 0 Å². The molecule has 0 radical (unpaired) electrons. The van der Waals surface area contributed by atoms with Gasteiger partial charge in [-0.25, -0.2) is 0 Å². The molecule has 2 nitrogen and oxygen atoms in total. The molecule has 2 aromatic carbocycles.